The van der Waals surface area contributed by atoms with Crippen molar-refractivity contribution in [3.8, 4) is 0 Å². The largest absolute Gasteiger partial charge is 0.271 e. The van der Waals surface area contributed by atoms with Crippen molar-refractivity contribution >= 4 is 10.0 Å². The second-order valence-corrected chi connectivity index (χ2v) is 6.30. The third kappa shape index (κ3) is 3.46. The number of aryl methyl sites for hydroxylation is 2. The molecule has 1 N–H and O–H groups in total. The van der Waals surface area contributed by atoms with Gasteiger partial charge in [0.25, 0.3) is 0 Å². The summed E-state index contributed by atoms with van der Waals surface area (Å²) in [5, 5.41) is 4.16. The molecule has 0 amide bonds. The first kappa shape index (κ1) is 14.7. The molecule has 0 saturated heterocycles. The number of nitrogens with one attached hydrogen (secondary N) is 1. The van der Waals surface area contributed by atoms with Crippen LogP contribution < -0.4 is 4.72 Å². The maximum Gasteiger partial charge on any atom is 0.243 e. The number of nitrogens with zero attached hydrogens (tertiary/aromatic N) is 2. The van der Waals surface area contributed by atoms with E-state index in [1.54, 1.807) is 17.8 Å². The Labute approximate surface area is 119 Å². The highest BCUT2D eigenvalue weighted by Gasteiger charge is 2.19. The first-order valence-electron chi connectivity index (χ1n) is 6.60. The molecule has 20 heavy (non-hydrogen) atoms. The monoisotopic (exact) mass is 293 g/mol. The molecule has 0 spiro atoms. The Balaban J connectivity index is 2.02. The Hall–Kier alpha value is -1.66. The molecular weight excluding hydrogens is 274 g/mol. The van der Waals surface area contributed by atoms with E-state index in [-0.39, 0.29) is 4.90 Å². The standard InChI is InChI=1S/C14H19N3O2S/c1-3-17-11-14(12(2)16-17)20(18,19)15-10-9-13-7-5-4-6-8-13/h4-8,11,15H,3,9-10H2,1-2H3. The fourth-order valence-electron chi connectivity index (χ4n) is 1.98. The van der Waals surface area contributed by atoms with Crippen molar-refractivity contribution in [2.24, 2.45) is 0 Å². The number of hydrogen-bond donors (Lipinski definition) is 1. The third-order valence-electron chi connectivity index (χ3n) is 3.06. The summed E-state index contributed by atoms with van der Waals surface area (Å²) in [6.45, 7) is 4.66. The van der Waals surface area contributed by atoms with E-state index in [1.165, 1.54) is 0 Å². The summed E-state index contributed by atoms with van der Waals surface area (Å²) in [7, 11) is -3.48. The molecule has 0 atom stereocenters. The lowest BCUT2D eigenvalue weighted by atomic mass is 10.2. The summed E-state index contributed by atoms with van der Waals surface area (Å²) in [4.78, 5) is 0.257. The zero-order chi connectivity index (χ0) is 14.6. The predicted molar refractivity (Wildman–Crippen MR) is 78.0 cm³/mol. The first-order chi connectivity index (χ1) is 9.53. The van der Waals surface area contributed by atoms with Crippen molar-refractivity contribution in [3.63, 3.8) is 0 Å². The smallest absolute Gasteiger partial charge is 0.243 e. The van der Waals surface area contributed by atoms with Crippen LogP contribution in [0.4, 0.5) is 0 Å². The van der Waals surface area contributed by atoms with Crippen LogP contribution >= 0.6 is 0 Å². The number of rotatable bonds is 6. The Morgan fingerprint density at radius 1 is 1.25 bits per heavy atom. The maximum atomic E-state index is 12.2. The van der Waals surface area contributed by atoms with Gasteiger partial charge in [-0.15, -0.1) is 0 Å². The lowest BCUT2D eigenvalue weighted by Gasteiger charge is -2.05. The Morgan fingerprint density at radius 3 is 2.55 bits per heavy atom. The van der Waals surface area contributed by atoms with Gasteiger partial charge in [-0.25, -0.2) is 13.1 Å². The van der Waals surface area contributed by atoms with Crippen LogP contribution in [0.1, 0.15) is 18.2 Å². The molecule has 0 fully saturated rings. The van der Waals surface area contributed by atoms with Gasteiger partial charge in [0, 0.05) is 19.3 Å². The number of hydrogen-bond acceptors (Lipinski definition) is 3. The molecule has 0 bridgehead atoms. The van der Waals surface area contributed by atoms with Gasteiger partial charge < -0.3 is 0 Å². The molecule has 0 radical (unpaired) electrons. The molecule has 2 rings (SSSR count). The highest BCUT2D eigenvalue weighted by atomic mass is 32.2. The SMILES string of the molecule is CCn1cc(S(=O)(=O)NCCc2ccccc2)c(C)n1. The first-order valence-corrected chi connectivity index (χ1v) is 8.09. The van der Waals surface area contributed by atoms with E-state index in [9.17, 15) is 8.42 Å². The summed E-state index contributed by atoms with van der Waals surface area (Å²) in [5.74, 6) is 0. The average Bonchev–Trinajstić information content (AvgIpc) is 2.82. The minimum atomic E-state index is -3.48. The summed E-state index contributed by atoms with van der Waals surface area (Å²) < 4.78 is 28.7. The topological polar surface area (TPSA) is 64.0 Å². The van der Waals surface area contributed by atoms with Gasteiger partial charge in [0.15, 0.2) is 0 Å². The quantitative estimate of drug-likeness (QED) is 0.882. The van der Waals surface area contributed by atoms with Gasteiger partial charge in [-0.2, -0.15) is 5.10 Å². The van der Waals surface area contributed by atoms with Crippen LogP contribution in [0.2, 0.25) is 0 Å². The van der Waals surface area contributed by atoms with Crippen molar-refractivity contribution in [2.45, 2.75) is 31.7 Å². The van der Waals surface area contributed by atoms with E-state index < -0.39 is 10.0 Å². The van der Waals surface area contributed by atoms with Crippen LogP contribution in [-0.2, 0) is 23.0 Å². The van der Waals surface area contributed by atoms with E-state index in [2.05, 4.69) is 9.82 Å². The zero-order valence-corrected chi connectivity index (χ0v) is 12.5. The summed E-state index contributed by atoms with van der Waals surface area (Å²) in [6, 6.07) is 9.79. The van der Waals surface area contributed by atoms with Gasteiger partial charge in [-0.3, -0.25) is 4.68 Å². The molecule has 0 aliphatic carbocycles. The molecular formula is C14H19N3O2S. The summed E-state index contributed by atoms with van der Waals surface area (Å²) >= 11 is 0. The van der Waals surface area contributed by atoms with E-state index in [1.807, 2.05) is 37.3 Å². The zero-order valence-electron chi connectivity index (χ0n) is 11.7. The fourth-order valence-corrected chi connectivity index (χ4v) is 3.19. The second-order valence-electron chi connectivity index (χ2n) is 4.57. The van der Waals surface area contributed by atoms with Crippen LogP contribution in [0.3, 0.4) is 0 Å². The van der Waals surface area contributed by atoms with Gasteiger partial charge >= 0.3 is 0 Å². The molecule has 0 aliphatic rings. The van der Waals surface area contributed by atoms with Crippen molar-refractivity contribution < 1.29 is 8.42 Å². The highest BCUT2D eigenvalue weighted by Crippen LogP contribution is 2.13. The van der Waals surface area contributed by atoms with Crippen LogP contribution in [-0.4, -0.2) is 24.7 Å². The molecule has 1 heterocycles. The second kappa shape index (κ2) is 6.19. The molecule has 108 valence electrons. The van der Waals surface area contributed by atoms with Crippen LogP contribution in [0, 0.1) is 6.92 Å². The van der Waals surface area contributed by atoms with Crippen molar-refractivity contribution in [1.82, 2.24) is 14.5 Å². The summed E-state index contributed by atoms with van der Waals surface area (Å²) in [6.07, 6.45) is 2.24. The third-order valence-corrected chi connectivity index (χ3v) is 4.63. The highest BCUT2D eigenvalue weighted by molar-refractivity contribution is 7.89. The Morgan fingerprint density at radius 2 is 1.95 bits per heavy atom. The maximum absolute atomic E-state index is 12.2. The minimum absolute atomic E-state index is 0.257. The Kier molecular flexibility index (Phi) is 4.57. The van der Waals surface area contributed by atoms with Gasteiger partial charge in [0.05, 0.1) is 5.69 Å². The van der Waals surface area contributed by atoms with Gasteiger partial charge in [-0.1, -0.05) is 30.3 Å². The van der Waals surface area contributed by atoms with E-state index in [0.29, 0.717) is 25.2 Å². The lowest BCUT2D eigenvalue weighted by molar-refractivity contribution is 0.580. The molecule has 5 nitrogen and oxygen atoms in total. The number of aromatic nitrogens is 2. The molecule has 1 aromatic carbocycles. The van der Waals surface area contributed by atoms with Crippen molar-refractivity contribution in [1.29, 1.82) is 0 Å². The molecule has 0 aliphatic heterocycles. The van der Waals surface area contributed by atoms with Crippen molar-refractivity contribution in [3.05, 3.63) is 47.8 Å². The Bertz CT molecular complexity index is 663. The predicted octanol–water partition coefficient (Wildman–Crippen LogP) is 1.73. The van der Waals surface area contributed by atoms with Gasteiger partial charge in [0.1, 0.15) is 4.90 Å². The molecule has 6 heteroatoms. The number of benzene rings is 1. The molecule has 0 saturated carbocycles. The van der Waals surface area contributed by atoms with Gasteiger partial charge in [0.2, 0.25) is 10.0 Å². The van der Waals surface area contributed by atoms with Crippen LogP contribution in [0.15, 0.2) is 41.4 Å². The van der Waals surface area contributed by atoms with Gasteiger partial charge in [-0.05, 0) is 25.8 Å². The molecule has 1 aromatic heterocycles. The van der Waals surface area contributed by atoms with Crippen LogP contribution in [0.25, 0.3) is 0 Å². The van der Waals surface area contributed by atoms with E-state index in [4.69, 9.17) is 0 Å². The lowest BCUT2D eigenvalue weighted by Crippen LogP contribution is -2.26. The average molecular weight is 293 g/mol. The normalized spacial score (nSPS) is 11.7. The molecule has 0 unspecified atom stereocenters. The van der Waals surface area contributed by atoms with E-state index in [0.717, 1.165) is 5.56 Å². The number of sulfonamides is 1. The fraction of sp³-hybridized carbons (Fsp3) is 0.357. The van der Waals surface area contributed by atoms with Crippen LogP contribution in [0.5, 0.6) is 0 Å². The van der Waals surface area contributed by atoms with E-state index >= 15 is 0 Å². The molecule has 2 aromatic rings. The minimum Gasteiger partial charge on any atom is -0.271 e. The summed E-state index contributed by atoms with van der Waals surface area (Å²) in [5.41, 5.74) is 1.63. The van der Waals surface area contributed by atoms with Crippen molar-refractivity contribution in [2.75, 3.05) is 6.54 Å².